The smallest absolute Gasteiger partial charge is 0.266 e. The van der Waals surface area contributed by atoms with Crippen LogP contribution in [0.2, 0.25) is 0 Å². The highest BCUT2D eigenvalue weighted by Gasteiger charge is 2.16. The SMILES string of the molecule is CCONC(=O)C(C)n1cnc2ccccc21. The van der Waals surface area contributed by atoms with E-state index in [4.69, 9.17) is 4.84 Å². The minimum atomic E-state index is -0.353. The molecule has 2 aromatic rings. The minimum Gasteiger partial charge on any atom is -0.318 e. The third-order valence-corrected chi connectivity index (χ3v) is 2.59. The van der Waals surface area contributed by atoms with Gasteiger partial charge in [0.1, 0.15) is 6.04 Å². The lowest BCUT2D eigenvalue weighted by atomic mass is 10.2. The maximum Gasteiger partial charge on any atom is 0.266 e. The molecular weight excluding hydrogens is 218 g/mol. The molecule has 0 radical (unpaired) electrons. The third kappa shape index (κ3) is 2.29. The highest BCUT2D eigenvalue weighted by atomic mass is 16.6. The summed E-state index contributed by atoms with van der Waals surface area (Å²) in [6.07, 6.45) is 1.67. The van der Waals surface area contributed by atoms with Gasteiger partial charge in [0.25, 0.3) is 5.91 Å². The van der Waals surface area contributed by atoms with E-state index in [1.165, 1.54) is 0 Å². The van der Waals surface area contributed by atoms with Crippen LogP contribution in [-0.4, -0.2) is 22.1 Å². The van der Waals surface area contributed by atoms with Gasteiger partial charge < -0.3 is 4.57 Å². The van der Waals surface area contributed by atoms with Crippen molar-refractivity contribution in [3.63, 3.8) is 0 Å². The van der Waals surface area contributed by atoms with Crippen LogP contribution < -0.4 is 5.48 Å². The summed E-state index contributed by atoms with van der Waals surface area (Å²) >= 11 is 0. The van der Waals surface area contributed by atoms with Crippen molar-refractivity contribution in [2.45, 2.75) is 19.9 Å². The fourth-order valence-corrected chi connectivity index (χ4v) is 1.64. The number of aromatic nitrogens is 2. The number of hydrogen-bond donors (Lipinski definition) is 1. The van der Waals surface area contributed by atoms with Crippen molar-refractivity contribution in [3.8, 4) is 0 Å². The average Bonchev–Trinajstić information content (AvgIpc) is 2.78. The second-order valence-corrected chi connectivity index (χ2v) is 3.72. The van der Waals surface area contributed by atoms with E-state index in [1.54, 1.807) is 6.33 Å². The van der Waals surface area contributed by atoms with Gasteiger partial charge in [-0.2, -0.15) is 0 Å². The number of rotatable bonds is 4. The zero-order valence-electron chi connectivity index (χ0n) is 9.88. The Morgan fingerprint density at radius 1 is 1.53 bits per heavy atom. The van der Waals surface area contributed by atoms with E-state index in [0.29, 0.717) is 6.61 Å². The predicted molar refractivity (Wildman–Crippen MR) is 64.2 cm³/mol. The van der Waals surface area contributed by atoms with E-state index < -0.39 is 0 Å². The molecule has 0 aliphatic rings. The van der Waals surface area contributed by atoms with Crippen molar-refractivity contribution >= 4 is 16.9 Å². The maximum absolute atomic E-state index is 11.8. The molecule has 5 heteroatoms. The molecule has 1 aromatic carbocycles. The molecule has 0 spiro atoms. The van der Waals surface area contributed by atoms with Crippen LogP contribution in [0.1, 0.15) is 19.9 Å². The number of carbonyl (C=O) groups excluding carboxylic acids is 1. The monoisotopic (exact) mass is 233 g/mol. The van der Waals surface area contributed by atoms with Gasteiger partial charge in [0.2, 0.25) is 0 Å². The van der Waals surface area contributed by atoms with Crippen LogP contribution in [-0.2, 0) is 9.63 Å². The zero-order valence-corrected chi connectivity index (χ0v) is 9.88. The van der Waals surface area contributed by atoms with Gasteiger partial charge in [-0.3, -0.25) is 9.63 Å². The molecule has 0 aliphatic carbocycles. The summed E-state index contributed by atoms with van der Waals surface area (Å²) in [5.74, 6) is -0.185. The van der Waals surface area contributed by atoms with Gasteiger partial charge in [0, 0.05) is 0 Å². The Kier molecular flexibility index (Phi) is 3.39. The standard InChI is InChI=1S/C12H15N3O2/c1-3-17-14-12(16)9(2)15-8-13-10-6-4-5-7-11(10)15/h4-9H,3H2,1-2H3,(H,14,16). The first-order chi connectivity index (χ1) is 8.24. The number of hydroxylamine groups is 1. The van der Waals surface area contributed by atoms with Gasteiger partial charge in [-0.15, -0.1) is 0 Å². The summed E-state index contributed by atoms with van der Waals surface area (Å²) in [4.78, 5) is 20.9. The van der Waals surface area contributed by atoms with Crippen LogP contribution in [0.3, 0.4) is 0 Å². The normalized spacial score (nSPS) is 12.6. The van der Waals surface area contributed by atoms with E-state index in [1.807, 2.05) is 42.7 Å². The lowest BCUT2D eigenvalue weighted by molar-refractivity contribution is -0.136. The number of benzene rings is 1. The van der Waals surface area contributed by atoms with Gasteiger partial charge >= 0.3 is 0 Å². The summed E-state index contributed by atoms with van der Waals surface area (Å²) in [6, 6.07) is 7.35. The lowest BCUT2D eigenvalue weighted by Crippen LogP contribution is -2.30. The molecule has 1 N–H and O–H groups in total. The van der Waals surface area contributed by atoms with Crippen molar-refractivity contribution in [3.05, 3.63) is 30.6 Å². The molecule has 90 valence electrons. The molecule has 5 nitrogen and oxygen atoms in total. The molecule has 0 saturated heterocycles. The molecule has 0 aliphatic heterocycles. The summed E-state index contributed by atoms with van der Waals surface area (Å²) in [5, 5.41) is 0. The fourth-order valence-electron chi connectivity index (χ4n) is 1.64. The Morgan fingerprint density at radius 2 is 2.29 bits per heavy atom. The van der Waals surface area contributed by atoms with Crippen molar-refractivity contribution in [1.29, 1.82) is 0 Å². The number of hydrogen-bond acceptors (Lipinski definition) is 3. The number of amides is 1. The van der Waals surface area contributed by atoms with Crippen LogP contribution in [0, 0.1) is 0 Å². The molecule has 17 heavy (non-hydrogen) atoms. The molecule has 0 saturated carbocycles. The molecular formula is C12H15N3O2. The number of nitrogens with zero attached hydrogens (tertiary/aromatic N) is 2. The van der Waals surface area contributed by atoms with E-state index in [2.05, 4.69) is 10.5 Å². The lowest BCUT2D eigenvalue weighted by Gasteiger charge is -2.13. The van der Waals surface area contributed by atoms with E-state index >= 15 is 0 Å². The van der Waals surface area contributed by atoms with E-state index in [9.17, 15) is 4.79 Å². The van der Waals surface area contributed by atoms with Crippen LogP contribution in [0.15, 0.2) is 30.6 Å². The Bertz CT molecular complexity index is 521. The largest absolute Gasteiger partial charge is 0.318 e. The van der Waals surface area contributed by atoms with Crippen LogP contribution in [0.5, 0.6) is 0 Å². The highest BCUT2D eigenvalue weighted by Crippen LogP contribution is 2.17. The molecule has 1 heterocycles. The first kappa shape index (κ1) is 11.6. The summed E-state index contributed by atoms with van der Waals surface area (Å²) in [5.41, 5.74) is 4.21. The Hall–Kier alpha value is -1.88. The molecule has 1 aromatic heterocycles. The Morgan fingerprint density at radius 3 is 3.06 bits per heavy atom. The summed E-state index contributed by atoms with van der Waals surface area (Å²) in [6.45, 7) is 4.07. The van der Waals surface area contributed by atoms with Gasteiger partial charge in [0.05, 0.1) is 24.0 Å². The van der Waals surface area contributed by atoms with Crippen LogP contribution in [0.4, 0.5) is 0 Å². The second kappa shape index (κ2) is 4.97. The van der Waals surface area contributed by atoms with Crippen molar-refractivity contribution in [2.75, 3.05) is 6.61 Å². The fraction of sp³-hybridized carbons (Fsp3) is 0.333. The van der Waals surface area contributed by atoms with E-state index in [0.717, 1.165) is 11.0 Å². The minimum absolute atomic E-state index is 0.185. The topological polar surface area (TPSA) is 56.1 Å². The highest BCUT2D eigenvalue weighted by molar-refractivity contribution is 5.82. The molecule has 0 bridgehead atoms. The summed E-state index contributed by atoms with van der Waals surface area (Å²) in [7, 11) is 0. The number of carbonyl (C=O) groups is 1. The number of fused-ring (bicyclic) bond motifs is 1. The van der Waals surface area contributed by atoms with Gasteiger partial charge in [-0.1, -0.05) is 12.1 Å². The van der Waals surface area contributed by atoms with Crippen LogP contribution >= 0.6 is 0 Å². The Labute approximate surface area is 99.4 Å². The first-order valence-electron chi connectivity index (χ1n) is 5.57. The number of imidazole rings is 1. The average molecular weight is 233 g/mol. The number of para-hydroxylation sites is 2. The van der Waals surface area contributed by atoms with Crippen molar-refractivity contribution in [2.24, 2.45) is 0 Å². The molecule has 1 atom stereocenters. The molecule has 2 rings (SSSR count). The van der Waals surface area contributed by atoms with Crippen molar-refractivity contribution in [1.82, 2.24) is 15.0 Å². The summed E-state index contributed by atoms with van der Waals surface area (Å²) < 4.78 is 1.82. The zero-order chi connectivity index (χ0) is 12.3. The molecule has 1 unspecified atom stereocenters. The van der Waals surface area contributed by atoms with Crippen molar-refractivity contribution < 1.29 is 9.63 Å². The van der Waals surface area contributed by atoms with E-state index in [-0.39, 0.29) is 11.9 Å². The Balaban J connectivity index is 2.24. The van der Waals surface area contributed by atoms with Crippen LogP contribution in [0.25, 0.3) is 11.0 Å². The van der Waals surface area contributed by atoms with Gasteiger partial charge in [-0.25, -0.2) is 10.5 Å². The second-order valence-electron chi connectivity index (χ2n) is 3.72. The first-order valence-corrected chi connectivity index (χ1v) is 5.57. The maximum atomic E-state index is 11.8. The molecule has 1 amide bonds. The predicted octanol–water partition coefficient (Wildman–Crippen LogP) is 1.66. The quantitative estimate of drug-likeness (QED) is 0.817. The number of nitrogens with one attached hydrogen (secondary N) is 1. The molecule has 0 fully saturated rings. The van der Waals surface area contributed by atoms with Gasteiger partial charge in [-0.05, 0) is 26.0 Å². The third-order valence-electron chi connectivity index (χ3n) is 2.59. The van der Waals surface area contributed by atoms with Gasteiger partial charge in [0.15, 0.2) is 0 Å².